The van der Waals surface area contributed by atoms with Gasteiger partial charge in [-0.15, -0.1) is 21.5 Å². The van der Waals surface area contributed by atoms with Crippen LogP contribution in [0.4, 0.5) is 5.00 Å². The second kappa shape index (κ2) is 11.1. The van der Waals surface area contributed by atoms with E-state index in [1.807, 2.05) is 13.0 Å². The van der Waals surface area contributed by atoms with Gasteiger partial charge in [0.05, 0.1) is 30.2 Å². The Morgan fingerprint density at radius 1 is 1.15 bits per heavy atom. The molecule has 3 rings (SSSR count). The van der Waals surface area contributed by atoms with Crippen LogP contribution in [-0.4, -0.2) is 56.8 Å². The highest BCUT2D eigenvalue weighted by Gasteiger charge is 2.27. The number of aromatic nitrogens is 4. The molecule has 0 aromatic carbocycles. The number of rotatable bonds is 10. The first-order valence-electron chi connectivity index (χ1n) is 10.0. The van der Waals surface area contributed by atoms with Gasteiger partial charge in [-0.05, 0) is 39.3 Å². The maximum atomic E-state index is 12.5. The van der Waals surface area contributed by atoms with Gasteiger partial charge in [-0.1, -0.05) is 11.8 Å². The Kier molecular flexibility index (Phi) is 8.22. The molecule has 0 unspecified atom stereocenters. The van der Waals surface area contributed by atoms with Crippen molar-refractivity contribution in [3.8, 4) is 0 Å². The number of hydrogen-bond donors (Lipinski definition) is 1. The van der Waals surface area contributed by atoms with Crippen LogP contribution in [0.25, 0.3) is 0 Å². The average Bonchev–Trinajstić information content (AvgIpc) is 3.46. The predicted octanol–water partition coefficient (Wildman–Crippen LogP) is 3.08. The molecule has 0 aliphatic heterocycles. The zero-order valence-corrected chi connectivity index (χ0v) is 20.2. The number of thiophene rings is 1. The molecular formula is C20H23N5O6S2. The second-order valence-electron chi connectivity index (χ2n) is 6.65. The molecule has 0 saturated heterocycles. The maximum Gasteiger partial charge on any atom is 0.348 e. The van der Waals surface area contributed by atoms with E-state index < -0.39 is 17.8 Å². The van der Waals surface area contributed by atoms with Crippen molar-refractivity contribution in [1.29, 1.82) is 0 Å². The van der Waals surface area contributed by atoms with Crippen LogP contribution in [-0.2, 0) is 20.8 Å². The Bertz CT molecular complexity index is 1150. The van der Waals surface area contributed by atoms with Gasteiger partial charge in [0.25, 0.3) is 5.22 Å². The lowest BCUT2D eigenvalue weighted by atomic mass is 10.1. The second-order valence-corrected chi connectivity index (χ2v) is 8.60. The summed E-state index contributed by atoms with van der Waals surface area (Å²) in [6.45, 7) is 7.52. The van der Waals surface area contributed by atoms with E-state index >= 15 is 0 Å². The Balaban J connectivity index is 1.66. The highest BCUT2D eigenvalue weighted by atomic mass is 32.2. The number of ether oxygens (including phenoxy) is 2. The van der Waals surface area contributed by atoms with Gasteiger partial charge in [0.1, 0.15) is 16.4 Å². The Morgan fingerprint density at radius 2 is 1.88 bits per heavy atom. The molecule has 0 saturated carbocycles. The first-order valence-corrected chi connectivity index (χ1v) is 11.8. The fraction of sp³-hybridized carbons (Fsp3) is 0.400. The van der Waals surface area contributed by atoms with Crippen molar-refractivity contribution < 1.29 is 28.3 Å². The van der Waals surface area contributed by atoms with Gasteiger partial charge in [0.15, 0.2) is 0 Å². The van der Waals surface area contributed by atoms with E-state index in [2.05, 4.69) is 20.6 Å². The van der Waals surface area contributed by atoms with E-state index in [0.29, 0.717) is 18.0 Å². The van der Waals surface area contributed by atoms with E-state index in [1.165, 1.54) is 0 Å². The number of aryl methyl sites for hydroxylation is 1. The van der Waals surface area contributed by atoms with Crippen LogP contribution in [0, 0.1) is 13.8 Å². The van der Waals surface area contributed by atoms with Crippen molar-refractivity contribution in [3.05, 3.63) is 39.9 Å². The van der Waals surface area contributed by atoms with Gasteiger partial charge in [0.2, 0.25) is 11.8 Å². The molecule has 0 atom stereocenters. The van der Waals surface area contributed by atoms with Crippen LogP contribution in [0.3, 0.4) is 0 Å². The van der Waals surface area contributed by atoms with Crippen molar-refractivity contribution >= 4 is 45.9 Å². The maximum absolute atomic E-state index is 12.5. The van der Waals surface area contributed by atoms with Gasteiger partial charge in [-0.2, -0.15) is 5.10 Å². The fourth-order valence-corrected chi connectivity index (χ4v) is 4.47. The number of amides is 1. The Morgan fingerprint density at radius 3 is 2.55 bits per heavy atom. The topological polar surface area (TPSA) is 138 Å². The number of thioether (sulfide) groups is 1. The summed E-state index contributed by atoms with van der Waals surface area (Å²) < 4.78 is 17.3. The average molecular weight is 494 g/mol. The summed E-state index contributed by atoms with van der Waals surface area (Å²) in [4.78, 5) is 37.4. The summed E-state index contributed by atoms with van der Waals surface area (Å²) in [5.41, 5.74) is 1.41. The molecule has 1 amide bonds. The standard InChI is InChI=1S/C20H23N5O6S2/c1-5-29-18(27)15-12(4)16(19(28)30-6-2)33-17(15)21-13(26)10-32-20-23-22-14(31-20)9-25-8-7-11(3)24-25/h7-8H,5-6,9-10H2,1-4H3,(H,21,26). The van der Waals surface area contributed by atoms with Crippen LogP contribution >= 0.6 is 23.1 Å². The number of anilines is 1. The van der Waals surface area contributed by atoms with E-state index in [9.17, 15) is 14.4 Å². The number of carbonyl (C=O) groups excluding carboxylic acids is 3. The summed E-state index contributed by atoms with van der Waals surface area (Å²) in [6, 6.07) is 1.86. The molecule has 0 fully saturated rings. The minimum absolute atomic E-state index is 0.0452. The van der Waals surface area contributed by atoms with Gasteiger partial charge >= 0.3 is 11.9 Å². The van der Waals surface area contributed by atoms with E-state index in [4.69, 9.17) is 13.9 Å². The highest BCUT2D eigenvalue weighted by molar-refractivity contribution is 7.99. The van der Waals surface area contributed by atoms with Crippen LogP contribution < -0.4 is 5.32 Å². The molecular weight excluding hydrogens is 470 g/mol. The third kappa shape index (κ3) is 6.20. The molecule has 0 radical (unpaired) electrons. The molecule has 3 aromatic rings. The van der Waals surface area contributed by atoms with Crippen LogP contribution in [0.2, 0.25) is 0 Å². The largest absolute Gasteiger partial charge is 0.462 e. The molecule has 13 heteroatoms. The van der Waals surface area contributed by atoms with Gasteiger partial charge in [-0.3, -0.25) is 9.48 Å². The molecule has 0 spiro atoms. The molecule has 0 aliphatic rings. The zero-order chi connectivity index (χ0) is 24.0. The third-order valence-corrected chi connectivity index (χ3v) is 6.19. The van der Waals surface area contributed by atoms with Crippen molar-refractivity contribution in [2.24, 2.45) is 0 Å². The summed E-state index contributed by atoms with van der Waals surface area (Å²) in [5, 5.41) is 15.2. The minimum atomic E-state index is -0.625. The zero-order valence-electron chi connectivity index (χ0n) is 18.5. The van der Waals surface area contributed by atoms with Crippen LogP contribution in [0.1, 0.15) is 51.0 Å². The molecule has 1 N–H and O–H groups in total. The quantitative estimate of drug-likeness (QED) is 0.331. The summed E-state index contributed by atoms with van der Waals surface area (Å²) in [5.74, 6) is -1.29. The molecule has 3 heterocycles. The lowest BCUT2D eigenvalue weighted by molar-refractivity contribution is -0.113. The smallest absolute Gasteiger partial charge is 0.348 e. The summed E-state index contributed by atoms with van der Waals surface area (Å²) >= 11 is 2.02. The van der Waals surface area contributed by atoms with Crippen LogP contribution in [0.5, 0.6) is 0 Å². The molecule has 0 aliphatic carbocycles. The first kappa shape index (κ1) is 24.5. The molecule has 11 nitrogen and oxygen atoms in total. The summed E-state index contributed by atoms with van der Waals surface area (Å²) in [7, 11) is 0. The van der Waals surface area contributed by atoms with Crippen molar-refractivity contribution in [2.45, 2.75) is 39.5 Å². The van der Waals surface area contributed by atoms with Gasteiger partial charge in [0, 0.05) is 6.20 Å². The minimum Gasteiger partial charge on any atom is -0.462 e. The highest BCUT2D eigenvalue weighted by Crippen LogP contribution is 2.34. The number of nitrogens with one attached hydrogen (secondary N) is 1. The van der Waals surface area contributed by atoms with E-state index in [1.54, 1.807) is 31.6 Å². The molecule has 3 aromatic heterocycles. The predicted molar refractivity (Wildman–Crippen MR) is 121 cm³/mol. The van der Waals surface area contributed by atoms with Crippen molar-refractivity contribution in [1.82, 2.24) is 20.0 Å². The SMILES string of the molecule is CCOC(=O)c1sc(NC(=O)CSc2nnc(Cn3ccc(C)n3)o2)c(C(=O)OCC)c1C. The molecule has 33 heavy (non-hydrogen) atoms. The third-order valence-electron chi connectivity index (χ3n) is 4.19. The van der Waals surface area contributed by atoms with Crippen molar-refractivity contribution in [3.63, 3.8) is 0 Å². The van der Waals surface area contributed by atoms with Gasteiger partial charge < -0.3 is 19.2 Å². The Labute approximate surface area is 197 Å². The monoisotopic (exact) mass is 493 g/mol. The van der Waals surface area contributed by atoms with Gasteiger partial charge in [-0.25, -0.2) is 9.59 Å². The molecule has 176 valence electrons. The summed E-state index contributed by atoms with van der Waals surface area (Å²) in [6.07, 6.45) is 1.80. The van der Waals surface area contributed by atoms with E-state index in [0.717, 1.165) is 28.8 Å². The fourth-order valence-electron chi connectivity index (χ4n) is 2.78. The van der Waals surface area contributed by atoms with E-state index in [-0.39, 0.29) is 39.6 Å². The number of esters is 2. The first-order chi connectivity index (χ1) is 15.8. The number of carbonyl (C=O) groups is 3. The van der Waals surface area contributed by atoms with Crippen LogP contribution in [0.15, 0.2) is 21.9 Å². The lowest BCUT2D eigenvalue weighted by Crippen LogP contribution is -2.16. The molecule has 0 bridgehead atoms. The number of hydrogen-bond acceptors (Lipinski definition) is 11. The lowest BCUT2D eigenvalue weighted by Gasteiger charge is -2.06. The van der Waals surface area contributed by atoms with Crippen molar-refractivity contribution in [2.75, 3.05) is 24.3 Å². The Hall–Kier alpha value is -3.19. The normalized spacial score (nSPS) is 10.8. The number of nitrogens with zero attached hydrogens (tertiary/aromatic N) is 4.